The Morgan fingerprint density at radius 1 is 1.12 bits per heavy atom. The zero-order chi connectivity index (χ0) is 12.1. The molecular weight excluding hydrogens is 208 g/mol. The number of hydrogen-bond acceptors (Lipinski definition) is 2. The quantitative estimate of drug-likeness (QED) is 0.763. The van der Waals surface area contributed by atoms with Gasteiger partial charge in [-0.2, -0.15) is 0 Å². The monoisotopic (exact) mass is 220 g/mol. The summed E-state index contributed by atoms with van der Waals surface area (Å²) in [6.07, 6.45) is 1.72. The molecule has 0 aliphatic rings. The Bertz CT molecular complexity index is 429. The lowest BCUT2D eigenvalue weighted by Crippen LogP contribution is -1.96. The van der Waals surface area contributed by atoms with Crippen LogP contribution in [0.15, 0.2) is 30.3 Å². The van der Waals surface area contributed by atoms with E-state index in [9.17, 15) is 9.59 Å². The predicted octanol–water partition coefficient (Wildman–Crippen LogP) is 2.26. The van der Waals surface area contributed by atoms with E-state index < -0.39 is 11.9 Å². The number of benzene rings is 1. The van der Waals surface area contributed by atoms with E-state index in [1.54, 1.807) is 12.1 Å². The maximum Gasteiger partial charge on any atom is 0.335 e. The van der Waals surface area contributed by atoms with Crippen LogP contribution < -0.4 is 0 Å². The fourth-order valence-corrected chi connectivity index (χ4v) is 1.37. The first-order valence-corrected chi connectivity index (χ1v) is 4.81. The van der Waals surface area contributed by atoms with Gasteiger partial charge in [-0.15, -0.1) is 0 Å². The molecule has 0 saturated carbocycles. The molecule has 0 fully saturated rings. The fraction of sp³-hybridized carbons (Fsp3) is 0.167. The summed E-state index contributed by atoms with van der Waals surface area (Å²) in [7, 11) is 0. The van der Waals surface area contributed by atoms with Crippen molar-refractivity contribution < 1.29 is 19.8 Å². The van der Waals surface area contributed by atoms with Crippen LogP contribution >= 0.6 is 0 Å². The van der Waals surface area contributed by atoms with E-state index in [2.05, 4.69) is 0 Å². The number of allylic oxidation sites excluding steroid dienone is 1. The number of carboxylic acid groups (broad SMARTS) is 2. The highest BCUT2D eigenvalue weighted by Crippen LogP contribution is 2.18. The molecule has 0 aliphatic heterocycles. The molecule has 2 N–H and O–H groups in total. The molecule has 0 aromatic heterocycles. The highest BCUT2D eigenvalue weighted by atomic mass is 16.4. The lowest BCUT2D eigenvalue weighted by molar-refractivity contribution is -0.131. The topological polar surface area (TPSA) is 74.6 Å². The summed E-state index contributed by atoms with van der Waals surface area (Å²) in [5.41, 5.74) is 1.59. The van der Waals surface area contributed by atoms with Gasteiger partial charge in [-0.05, 0) is 29.7 Å². The Hall–Kier alpha value is -2.10. The van der Waals surface area contributed by atoms with Crippen molar-refractivity contribution in [1.29, 1.82) is 0 Å². The molecule has 0 radical (unpaired) electrons. The summed E-state index contributed by atoms with van der Waals surface area (Å²) in [5.74, 6) is -1.99. The van der Waals surface area contributed by atoms with Gasteiger partial charge in [0.15, 0.2) is 0 Å². The van der Waals surface area contributed by atoms with Gasteiger partial charge < -0.3 is 10.2 Å². The molecular formula is C12H12O4. The van der Waals surface area contributed by atoms with Crippen LogP contribution in [0.3, 0.4) is 0 Å². The molecule has 16 heavy (non-hydrogen) atoms. The summed E-state index contributed by atoms with van der Waals surface area (Å²) in [6.45, 7) is 1.85. The molecule has 4 nitrogen and oxygen atoms in total. The van der Waals surface area contributed by atoms with Crippen LogP contribution in [0.4, 0.5) is 0 Å². The van der Waals surface area contributed by atoms with E-state index in [0.29, 0.717) is 12.0 Å². The third-order valence-electron chi connectivity index (χ3n) is 2.18. The first kappa shape index (κ1) is 12.0. The second-order valence-corrected chi connectivity index (χ2v) is 3.24. The number of hydrogen-bond donors (Lipinski definition) is 2. The molecule has 0 bridgehead atoms. The highest BCUT2D eigenvalue weighted by molar-refractivity contribution is 5.91. The molecule has 0 amide bonds. The average Bonchev–Trinajstić information content (AvgIpc) is 2.25. The molecule has 0 spiro atoms. The third kappa shape index (κ3) is 2.95. The second-order valence-electron chi connectivity index (χ2n) is 3.24. The smallest absolute Gasteiger partial charge is 0.335 e. The van der Waals surface area contributed by atoms with E-state index in [0.717, 1.165) is 11.6 Å². The Kier molecular flexibility index (Phi) is 3.83. The number of carboxylic acids is 2. The van der Waals surface area contributed by atoms with Crippen LogP contribution in [0.25, 0.3) is 5.57 Å². The van der Waals surface area contributed by atoms with E-state index >= 15 is 0 Å². The zero-order valence-electron chi connectivity index (χ0n) is 8.80. The number of aromatic carboxylic acids is 1. The molecule has 0 aliphatic carbocycles. The molecule has 84 valence electrons. The van der Waals surface area contributed by atoms with E-state index in [1.165, 1.54) is 12.1 Å². The van der Waals surface area contributed by atoms with E-state index in [1.807, 2.05) is 6.92 Å². The van der Waals surface area contributed by atoms with Crippen molar-refractivity contribution in [2.75, 3.05) is 0 Å². The summed E-state index contributed by atoms with van der Waals surface area (Å²) >= 11 is 0. The second kappa shape index (κ2) is 5.11. The van der Waals surface area contributed by atoms with Crippen LogP contribution in [0.5, 0.6) is 0 Å². The molecule has 0 unspecified atom stereocenters. The van der Waals surface area contributed by atoms with Crippen LogP contribution in [0, 0.1) is 0 Å². The van der Waals surface area contributed by atoms with Gasteiger partial charge in [0.05, 0.1) is 5.56 Å². The molecule has 1 rings (SSSR count). The van der Waals surface area contributed by atoms with Gasteiger partial charge in [0.2, 0.25) is 0 Å². The van der Waals surface area contributed by atoms with Crippen molar-refractivity contribution in [1.82, 2.24) is 0 Å². The summed E-state index contributed by atoms with van der Waals surface area (Å²) in [5, 5.41) is 17.4. The minimum atomic E-state index is -1.00. The summed E-state index contributed by atoms with van der Waals surface area (Å²) in [4.78, 5) is 21.2. The summed E-state index contributed by atoms with van der Waals surface area (Å²) < 4.78 is 0. The van der Waals surface area contributed by atoms with Crippen LogP contribution in [0.1, 0.15) is 29.3 Å². The van der Waals surface area contributed by atoms with E-state index in [-0.39, 0.29) is 5.56 Å². The normalized spacial score (nSPS) is 11.2. The maximum atomic E-state index is 10.6. The third-order valence-corrected chi connectivity index (χ3v) is 2.18. The van der Waals surface area contributed by atoms with Gasteiger partial charge in [0.1, 0.15) is 0 Å². The SMILES string of the molecule is CC/C(=C\C(=O)O)c1ccc(C(=O)O)cc1. The van der Waals surface area contributed by atoms with Crippen molar-refractivity contribution >= 4 is 17.5 Å². The molecule has 1 aromatic carbocycles. The Labute approximate surface area is 92.8 Å². The molecule has 4 heteroatoms. The van der Waals surface area contributed by atoms with Crippen molar-refractivity contribution in [3.8, 4) is 0 Å². The van der Waals surface area contributed by atoms with Gasteiger partial charge in [-0.1, -0.05) is 19.1 Å². The van der Waals surface area contributed by atoms with Gasteiger partial charge >= 0.3 is 11.9 Å². The standard InChI is InChI=1S/C12H12O4/c1-2-8(7-11(13)14)9-3-5-10(6-4-9)12(15)16/h3-7H,2H2,1H3,(H,13,14)(H,15,16)/b8-7+. The van der Waals surface area contributed by atoms with Gasteiger partial charge in [0.25, 0.3) is 0 Å². The number of aliphatic carboxylic acids is 1. The largest absolute Gasteiger partial charge is 0.478 e. The van der Waals surface area contributed by atoms with Crippen molar-refractivity contribution in [3.05, 3.63) is 41.5 Å². The zero-order valence-corrected chi connectivity index (χ0v) is 8.80. The van der Waals surface area contributed by atoms with Gasteiger partial charge in [-0.3, -0.25) is 0 Å². The lowest BCUT2D eigenvalue weighted by atomic mass is 10.0. The number of rotatable bonds is 4. The van der Waals surface area contributed by atoms with E-state index in [4.69, 9.17) is 10.2 Å². The Morgan fingerprint density at radius 2 is 1.62 bits per heavy atom. The van der Waals surface area contributed by atoms with Crippen molar-refractivity contribution in [3.63, 3.8) is 0 Å². The first-order valence-electron chi connectivity index (χ1n) is 4.81. The molecule has 1 aromatic rings. The molecule has 0 heterocycles. The maximum absolute atomic E-state index is 10.6. The van der Waals surface area contributed by atoms with Crippen LogP contribution in [-0.2, 0) is 4.79 Å². The van der Waals surface area contributed by atoms with Crippen LogP contribution in [-0.4, -0.2) is 22.2 Å². The van der Waals surface area contributed by atoms with Crippen molar-refractivity contribution in [2.45, 2.75) is 13.3 Å². The first-order chi connectivity index (χ1) is 7.54. The number of carbonyl (C=O) groups is 2. The van der Waals surface area contributed by atoms with Crippen LogP contribution in [0.2, 0.25) is 0 Å². The lowest BCUT2D eigenvalue weighted by Gasteiger charge is -2.04. The summed E-state index contributed by atoms with van der Waals surface area (Å²) in [6, 6.07) is 6.15. The fourth-order valence-electron chi connectivity index (χ4n) is 1.37. The minimum Gasteiger partial charge on any atom is -0.478 e. The highest BCUT2D eigenvalue weighted by Gasteiger charge is 2.05. The van der Waals surface area contributed by atoms with Gasteiger partial charge in [-0.25, -0.2) is 9.59 Å². The Morgan fingerprint density at radius 3 is 2.00 bits per heavy atom. The van der Waals surface area contributed by atoms with Gasteiger partial charge in [0, 0.05) is 6.08 Å². The van der Waals surface area contributed by atoms with Crippen molar-refractivity contribution in [2.24, 2.45) is 0 Å². The predicted molar refractivity (Wildman–Crippen MR) is 59.3 cm³/mol. The molecule has 0 atom stereocenters. The molecule has 0 saturated heterocycles. The average molecular weight is 220 g/mol. The Balaban J connectivity index is 3.04. The minimum absolute atomic E-state index is 0.189.